The first-order chi connectivity index (χ1) is 19.9. The van der Waals surface area contributed by atoms with Gasteiger partial charge in [-0.2, -0.15) is 20.1 Å². The Morgan fingerprint density at radius 1 is 1.02 bits per heavy atom. The van der Waals surface area contributed by atoms with Gasteiger partial charge in [-0.25, -0.2) is 9.78 Å². The standard InChI is InChI=1S/C29H31N11O2/c1-28(2,3)23-22(34-35-24-19(16-30)17-32-39(24)21-10-8-9-15-31-21)26-38(7)25(37-40(26)36-23)18-11-13-20(14-12-18)33-27(41)42-29(4,5)6/h8-15,17H,1-7H3,(H,33,41). The quantitative estimate of drug-likeness (QED) is 0.247. The van der Waals surface area contributed by atoms with Crippen molar-refractivity contribution in [1.82, 2.24) is 34.2 Å². The molecule has 5 rings (SSSR count). The maximum atomic E-state index is 12.2. The van der Waals surface area contributed by atoms with Crippen molar-refractivity contribution in [3.63, 3.8) is 0 Å². The van der Waals surface area contributed by atoms with Gasteiger partial charge in [-0.05, 0) is 57.2 Å². The van der Waals surface area contributed by atoms with Crippen LogP contribution in [-0.2, 0) is 17.2 Å². The molecule has 1 aromatic carbocycles. The lowest BCUT2D eigenvalue weighted by atomic mass is 9.91. The predicted molar refractivity (Wildman–Crippen MR) is 156 cm³/mol. The van der Waals surface area contributed by atoms with Crippen molar-refractivity contribution in [3.05, 3.63) is 66.1 Å². The number of hydrogen-bond acceptors (Lipinski definition) is 9. The van der Waals surface area contributed by atoms with Gasteiger partial charge >= 0.3 is 6.09 Å². The first-order valence-corrected chi connectivity index (χ1v) is 13.2. The zero-order valence-electron chi connectivity index (χ0n) is 24.5. The van der Waals surface area contributed by atoms with E-state index in [-0.39, 0.29) is 16.8 Å². The number of nitriles is 1. The maximum Gasteiger partial charge on any atom is 0.412 e. The van der Waals surface area contributed by atoms with Gasteiger partial charge in [0.05, 0.1) is 11.9 Å². The van der Waals surface area contributed by atoms with E-state index < -0.39 is 11.7 Å². The summed E-state index contributed by atoms with van der Waals surface area (Å²) in [5.74, 6) is 1.40. The molecule has 1 N–H and O–H groups in total. The first-order valence-electron chi connectivity index (χ1n) is 13.2. The number of carbonyl (C=O) groups is 1. The van der Waals surface area contributed by atoms with E-state index in [9.17, 15) is 10.1 Å². The van der Waals surface area contributed by atoms with Crippen LogP contribution >= 0.6 is 0 Å². The topological polar surface area (TPSA) is 153 Å². The molecule has 4 aromatic heterocycles. The lowest BCUT2D eigenvalue weighted by molar-refractivity contribution is 0.0636. The van der Waals surface area contributed by atoms with Gasteiger partial charge in [0.25, 0.3) is 0 Å². The molecule has 0 aliphatic rings. The summed E-state index contributed by atoms with van der Waals surface area (Å²) in [4.78, 5) is 16.5. The summed E-state index contributed by atoms with van der Waals surface area (Å²) in [6.45, 7) is 11.5. The molecular formula is C29H31N11O2. The molecule has 0 bridgehead atoms. The van der Waals surface area contributed by atoms with E-state index in [1.807, 2.05) is 71.4 Å². The molecule has 4 heterocycles. The molecule has 214 valence electrons. The van der Waals surface area contributed by atoms with Crippen molar-refractivity contribution < 1.29 is 9.53 Å². The molecule has 1 amide bonds. The van der Waals surface area contributed by atoms with Crippen LogP contribution < -0.4 is 5.32 Å². The maximum absolute atomic E-state index is 12.2. The highest BCUT2D eigenvalue weighted by molar-refractivity contribution is 5.85. The molecule has 13 nitrogen and oxygen atoms in total. The van der Waals surface area contributed by atoms with Crippen LogP contribution in [0.1, 0.15) is 52.8 Å². The highest BCUT2D eigenvalue weighted by atomic mass is 16.6. The fraction of sp³-hybridized carbons (Fsp3) is 0.310. The van der Waals surface area contributed by atoms with Crippen molar-refractivity contribution in [1.29, 1.82) is 5.26 Å². The van der Waals surface area contributed by atoms with Crippen molar-refractivity contribution in [2.24, 2.45) is 17.3 Å². The number of benzene rings is 1. The Kier molecular flexibility index (Phi) is 7.07. The Labute approximate surface area is 242 Å². The second-order valence-electron chi connectivity index (χ2n) is 11.6. The second kappa shape index (κ2) is 10.5. The number of rotatable bonds is 5. The number of aromatic nitrogens is 7. The zero-order chi connectivity index (χ0) is 30.2. The molecule has 0 atom stereocenters. The third kappa shape index (κ3) is 5.60. The zero-order valence-corrected chi connectivity index (χ0v) is 24.5. The SMILES string of the molecule is Cn1c(-c2ccc(NC(=O)OC(C)(C)C)cc2)nn2nc(C(C)(C)C)c(N=Nc3c(C#N)cnn3-c3ccccn3)c12. The minimum atomic E-state index is -0.596. The van der Waals surface area contributed by atoms with Crippen molar-refractivity contribution >= 4 is 28.9 Å². The number of ether oxygens (including phenoxy) is 1. The van der Waals surface area contributed by atoms with Crippen molar-refractivity contribution in [2.75, 3.05) is 5.32 Å². The summed E-state index contributed by atoms with van der Waals surface area (Å²) in [5, 5.41) is 35.3. The fourth-order valence-corrected chi connectivity index (χ4v) is 4.24. The van der Waals surface area contributed by atoms with E-state index in [4.69, 9.17) is 14.9 Å². The number of fused-ring (bicyclic) bond motifs is 1. The summed E-state index contributed by atoms with van der Waals surface area (Å²) in [6.07, 6.45) is 2.55. The number of amides is 1. The summed E-state index contributed by atoms with van der Waals surface area (Å²) in [7, 11) is 1.87. The van der Waals surface area contributed by atoms with Gasteiger partial charge in [0.15, 0.2) is 28.8 Å². The predicted octanol–water partition coefficient (Wildman–Crippen LogP) is 6.25. The normalized spacial score (nSPS) is 12.1. The van der Waals surface area contributed by atoms with Gasteiger partial charge in [0.1, 0.15) is 17.2 Å². The minimum absolute atomic E-state index is 0.255. The van der Waals surface area contributed by atoms with Gasteiger partial charge in [-0.1, -0.05) is 26.8 Å². The molecule has 0 saturated heterocycles. The third-order valence-corrected chi connectivity index (χ3v) is 6.12. The second-order valence-corrected chi connectivity index (χ2v) is 11.6. The van der Waals surface area contributed by atoms with Crippen molar-refractivity contribution in [3.8, 4) is 23.3 Å². The summed E-state index contributed by atoms with van der Waals surface area (Å²) >= 11 is 0. The number of nitrogens with zero attached hydrogens (tertiary/aromatic N) is 10. The third-order valence-electron chi connectivity index (χ3n) is 6.12. The van der Waals surface area contributed by atoms with Crippen LogP contribution in [0.15, 0.2) is 65.1 Å². The molecule has 0 aliphatic carbocycles. The Morgan fingerprint density at radius 3 is 2.38 bits per heavy atom. The minimum Gasteiger partial charge on any atom is -0.444 e. The summed E-state index contributed by atoms with van der Waals surface area (Å²) in [6, 6.07) is 14.8. The number of hydrogen-bond donors (Lipinski definition) is 1. The molecule has 0 radical (unpaired) electrons. The van der Waals surface area contributed by atoms with E-state index in [2.05, 4.69) is 31.7 Å². The van der Waals surface area contributed by atoms with Crippen LogP contribution in [0.4, 0.5) is 22.0 Å². The molecule has 0 saturated carbocycles. The average molecular weight is 566 g/mol. The number of aryl methyl sites for hydroxylation is 1. The van der Waals surface area contributed by atoms with Gasteiger partial charge < -0.3 is 9.30 Å². The van der Waals surface area contributed by atoms with Crippen LogP contribution in [0.25, 0.3) is 22.9 Å². The molecule has 5 aromatic rings. The van der Waals surface area contributed by atoms with Crippen LogP contribution in [0.3, 0.4) is 0 Å². The molecule has 13 heteroatoms. The fourth-order valence-electron chi connectivity index (χ4n) is 4.24. The number of pyridine rings is 1. The lowest BCUT2D eigenvalue weighted by Crippen LogP contribution is -2.27. The molecule has 0 aliphatic heterocycles. The lowest BCUT2D eigenvalue weighted by Gasteiger charge is -2.19. The van der Waals surface area contributed by atoms with E-state index >= 15 is 0 Å². The molecule has 0 unspecified atom stereocenters. The number of azo groups is 1. The van der Waals surface area contributed by atoms with Crippen LogP contribution in [0, 0.1) is 11.3 Å². The number of carbonyl (C=O) groups excluding carboxylic acids is 1. The Hall–Kier alpha value is -5.38. The van der Waals surface area contributed by atoms with Gasteiger partial charge in [-0.15, -0.1) is 20.0 Å². The monoisotopic (exact) mass is 565 g/mol. The molecule has 42 heavy (non-hydrogen) atoms. The largest absolute Gasteiger partial charge is 0.444 e. The Balaban J connectivity index is 1.54. The Bertz CT molecular complexity index is 1830. The Morgan fingerprint density at radius 2 is 1.76 bits per heavy atom. The van der Waals surface area contributed by atoms with Gasteiger partial charge in [-0.3, -0.25) is 5.32 Å². The first kappa shape index (κ1) is 28.2. The van der Waals surface area contributed by atoms with E-state index in [0.717, 1.165) is 5.56 Å². The molecule has 0 spiro atoms. The van der Waals surface area contributed by atoms with Gasteiger partial charge in [0.2, 0.25) is 0 Å². The number of nitrogens with one attached hydrogen (secondary N) is 1. The highest BCUT2D eigenvalue weighted by Crippen LogP contribution is 2.37. The molecular weight excluding hydrogens is 534 g/mol. The summed E-state index contributed by atoms with van der Waals surface area (Å²) in [5.41, 5.74) is 2.51. The van der Waals surface area contributed by atoms with E-state index in [1.54, 1.807) is 35.1 Å². The van der Waals surface area contributed by atoms with Gasteiger partial charge in [0, 0.05) is 29.9 Å². The van der Waals surface area contributed by atoms with E-state index in [1.165, 1.54) is 10.9 Å². The van der Waals surface area contributed by atoms with Crippen LogP contribution in [0.2, 0.25) is 0 Å². The molecule has 0 fully saturated rings. The van der Waals surface area contributed by atoms with E-state index in [0.29, 0.717) is 34.4 Å². The summed E-state index contributed by atoms with van der Waals surface area (Å²) < 4.78 is 10.2. The smallest absolute Gasteiger partial charge is 0.412 e. The average Bonchev–Trinajstić information content (AvgIpc) is 3.59. The highest BCUT2D eigenvalue weighted by Gasteiger charge is 2.28. The van der Waals surface area contributed by atoms with Crippen LogP contribution in [0.5, 0.6) is 0 Å². The van der Waals surface area contributed by atoms with Crippen LogP contribution in [-0.4, -0.2) is 45.9 Å². The van der Waals surface area contributed by atoms with Crippen molar-refractivity contribution in [2.45, 2.75) is 52.6 Å². The number of anilines is 1.